The number of rotatable bonds is 5. The second kappa shape index (κ2) is 6.20. The maximum Gasteiger partial charge on any atom is 0.124 e. The van der Waals surface area contributed by atoms with Gasteiger partial charge in [0.05, 0.1) is 0 Å². The lowest BCUT2D eigenvalue weighted by molar-refractivity contribution is 0.485. The van der Waals surface area contributed by atoms with E-state index >= 15 is 0 Å². The standard InChI is InChI=1S/C11H16BrFN2/c1-2-3-10(15-14)6-8-4-5-9(13)7-11(8)12/h4-5,7,10,15H,2-3,6,14H2,1H3. The molecule has 0 bridgehead atoms. The van der Waals surface area contributed by atoms with E-state index < -0.39 is 0 Å². The van der Waals surface area contributed by atoms with Gasteiger partial charge in [0.2, 0.25) is 0 Å². The van der Waals surface area contributed by atoms with E-state index in [1.807, 2.05) is 0 Å². The topological polar surface area (TPSA) is 38.0 Å². The van der Waals surface area contributed by atoms with Crippen LogP contribution in [0.5, 0.6) is 0 Å². The Morgan fingerprint density at radius 2 is 2.27 bits per heavy atom. The molecule has 0 aliphatic carbocycles. The monoisotopic (exact) mass is 274 g/mol. The molecule has 1 atom stereocenters. The predicted molar refractivity (Wildman–Crippen MR) is 63.8 cm³/mol. The molecule has 0 aromatic heterocycles. The van der Waals surface area contributed by atoms with E-state index in [1.54, 1.807) is 6.07 Å². The zero-order chi connectivity index (χ0) is 11.3. The molecule has 0 saturated carbocycles. The van der Waals surface area contributed by atoms with Gasteiger partial charge >= 0.3 is 0 Å². The summed E-state index contributed by atoms with van der Waals surface area (Å²) in [5, 5.41) is 0. The Balaban J connectivity index is 2.70. The summed E-state index contributed by atoms with van der Waals surface area (Å²) in [6, 6.07) is 4.99. The van der Waals surface area contributed by atoms with E-state index in [0.717, 1.165) is 29.3 Å². The van der Waals surface area contributed by atoms with E-state index in [-0.39, 0.29) is 11.9 Å². The minimum Gasteiger partial charge on any atom is -0.271 e. The molecule has 1 aromatic carbocycles. The minimum absolute atomic E-state index is 0.224. The maximum absolute atomic E-state index is 12.8. The largest absolute Gasteiger partial charge is 0.271 e. The maximum atomic E-state index is 12.8. The Morgan fingerprint density at radius 1 is 1.53 bits per heavy atom. The van der Waals surface area contributed by atoms with Crippen LogP contribution in [0.15, 0.2) is 22.7 Å². The van der Waals surface area contributed by atoms with Gasteiger partial charge in [0.15, 0.2) is 0 Å². The average Bonchev–Trinajstić information content (AvgIpc) is 2.21. The molecular formula is C11H16BrFN2. The predicted octanol–water partition coefficient (Wildman–Crippen LogP) is 2.76. The van der Waals surface area contributed by atoms with Crippen LogP contribution in [0.3, 0.4) is 0 Å². The zero-order valence-corrected chi connectivity index (χ0v) is 10.3. The van der Waals surface area contributed by atoms with Crippen molar-refractivity contribution in [2.45, 2.75) is 32.2 Å². The number of benzene rings is 1. The molecular weight excluding hydrogens is 259 g/mol. The van der Waals surface area contributed by atoms with Gasteiger partial charge in [-0.05, 0) is 30.5 Å². The Labute approximate surface area is 98.1 Å². The van der Waals surface area contributed by atoms with Gasteiger partial charge in [0.25, 0.3) is 0 Å². The van der Waals surface area contributed by atoms with Gasteiger partial charge in [-0.2, -0.15) is 0 Å². The normalized spacial score (nSPS) is 12.8. The van der Waals surface area contributed by atoms with Gasteiger partial charge in [-0.15, -0.1) is 0 Å². The molecule has 0 aliphatic heterocycles. The van der Waals surface area contributed by atoms with Crippen molar-refractivity contribution in [2.75, 3.05) is 0 Å². The highest BCUT2D eigenvalue weighted by Crippen LogP contribution is 2.20. The van der Waals surface area contributed by atoms with Gasteiger partial charge in [0.1, 0.15) is 5.82 Å². The van der Waals surface area contributed by atoms with Crippen LogP contribution in [0.4, 0.5) is 4.39 Å². The first kappa shape index (κ1) is 12.6. The number of hydrogen-bond acceptors (Lipinski definition) is 2. The summed E-state index contributed by atoms with van der Waals surface area (Å²) < 4.78 is 13.6. The highest BCUT2D eigenvalue weighted by molar-refractivity contribution is 9.10. The van der Waals surface area contributed by atoms with Gasteiger partial charge < -0.3 is 0 Å². The van der Waals surface area contributed by atoms with E-state index in [1.165, 1.54) is 12.1 Å². The summed E-state index contributed by atoms with van der Waals surface area (Å²) in [7, 11) is 0. The van der Waals surface area contributed by atoms with Crippen molar-refractivity contribution in [1.82, 2.24) is 5.43 Å². The van der Waals surface area contributed by atoms with Crippen molar-refractivity contribution in [1.29, 1.82) is 0 Å². The van der Waals surface area contributed by atoms with Gasteiger partial charge in [-0.1, -0.05) is 35.3 Å². The number of hydrogen-bond donors (Lipinski definition) is 2. The van der Waals surface area contributed by atoms with Crippen LogP contribution >= 0.6 is 15.9 Å². The van der Waals surface area contributed by atoms with Crippen molar-refractivity contribution in [3.05, 3.63) is 34.1 Å². The average molecular weight is 275 g/mol. The fraction of sp³-hybridized carbons (Fsp3) is 0.455. The lowest BCUT2D eigenvalue weighted by Crippen LogP contribution is -2.36. The van der Waals surface area contributed by atoms with Crippen molar-refractivity contribution in [3.8, 4) is 0 Å². The molecule has 1 rings (SSSR count). The first-order valence-corrected chi connectivity index (χ1v) is 5.86. The second-order valence-electron chi connectivity index (χ2n) is 3.59. The smallest absolute Gasteiger partial charge is 0.124 e. The van der Waals surface area contributed by atoms with Crippen molar-refractivity contribution >= 4 is 15.9 Å². The highest BCUT2D eigenvalue weighted by Gasteiger charge is 2.09. The molecule has 2 nitrogen and oxygen atoms in total. The van der Waals surface area contributed by atoms with Crippen LogP contribution in [-0.2, 0) is 6.42 Å². The molecule has 0 heterocycles. The fourth-order valence-corrected chi connectivity index (χ4v) is 2.06. The number of hydrazine groups is 1. The van der Waals surface area contributed by atoms with Crippen LogP contribution < -0.4 is 11.3 Å². The van der Waals surface area contributed by atoms with Crippen LogP contribution in [0, 0.1) is 5.82 Å². The van der Waals surface area contributed by atoms with Crippen LogP contribution in [0.1, 0.15) is 25.3 Å². The van der Waals surface area contributed by atoms with Crippen molar-refractivity contribution < 1.29 is 4.39 Å². The Bertz CT molecular complexity index is 317. The van der Waals surface area contributed by atoms with E-state index in [9.17, 15) is 4.39 Å². The lowest BCUT2D eigenvalue weighted by atomic mass is 10.0. The quantitative estimate of drug-likeness (QED) is 0.640. The summed E-state index contributed by atoms with van der Waals surface area (Å²) in [6.45, 7) is 2.12. The number of nitrogens with two attached hydrogens (primary N) is 1. The molecule has 0 amide bonds. The van der Waals surface area contributed by atoms with Crippen molar-refractivity contribution in [3.63, 3.8) is 0 Å². The SMILES string of the molecule is CCCC(Cc1ccc(F)cc1Br)NN. The summed E-state index contributed by atoms with van der Waals surface area (Å²) in [5.74, 6) is 5.22. The number of nitrogens with one attached hydrogen (secondary N) is 1. The number of halogens is 2. The first-order valence-electron chi connectivity index (χ1n) is 5.07. The molecule has 0 aliphatic rings. The molecule has 0 radical (unpaired) electrons. The van der Waals surface area contributed by atoms with Crippen LogP contribution in [0.2, 0.25) is 0 Å². The fourth-order valence-electron chi connectivity index (χ4n) is 1.55. The third kappa shape index (κ3) is 3.89. The molecule has 3 N–H and O–H groups in total. The zero-order valence-electron chi connectivity index (χ0n) is 8.76. The summed E-state index contributed by atoms with van der Waals surface area (Å²) in [4.78, 5) is 0. The third-order valence-electron chi connectivity index (χ3n) is 2.35. The van der Waals surface area contributed by atoms with E-state index in [0.29, 0.717) is 0 Å². The molecule has 0 fully saturated rings. The van der Waals surface area contributed by atoms with Crippen LogP contribution in [0.25, 0.3) is 0 Å². The molecule has 84 valence electrons. The summed E-state index contributed by atoms with van der Waals surface area (Å²) >= 11 is 3.35. The summed E-state index contributed by atoms with van der Waals surface area (Å²) in [5.41, 5.74) is 3.86. The molecule has 4 heteroatoms. The molecule has 15 heavy (non-hydrogen) atoms. The van der Waals surface area contributed by atoms with Gasteiger partial charge in [-0.3, -0.25) is 11.3 Å². The van der Waals surface area contributed by atoms with Gasteiger partial charge in [-0.25, -0.2) is 4.39 Å². The molecule has 0 spiro atoms. The first-order chi connectivity index (χ1) is 7.17. The van der Waals surface area contributed by atoms with Gasteiger partial charge in [0, 0.05) is 10.5 Å². The molecule has 1 aromatic rings. The van der Waals surface area contributed by atoms with E-state index in [4.69, 9.17) is 5.84 Å². The Hall–Kier alpha value is -0.450. The highest BCUT2D eigenvalue weighted by atomic mass is 79.9. The van der Waals surface area contributed by atoms with Crippen LogP contribution in [-0.4, -0.2) is 6.04 Å². The van der Waals surface area contributed by atoms with E-state index in [2.05, 4.69) is 28.3 Å². The molecule has 0 saturated heterocycles. The lowest BCUT2D eigenvalue weighted by Gasteiger charge is -2.15. The Morgan fingerprint density at radius 3 is 2.80 bits per heavy atom. The van der Waals surface area contributed by atoms with Crippen molar-refractivity contribution in [2.24, 2.45) is 5.84 Å². The Kier molecular flexibility index (Phi) is 5.22. The molecule has 1 unspecified atom stereocenters. The second-order valence-corrected chi connectivity index (χ2v) is 4.45. The summed E-state index contributed by atoms with van der Waals surface area (Å²) in [6.07, 6.45) is 2.90. The third-order valence-corrected chi connectivity index (χ3v) is 3.09. The minimum atomic E-state index is -0.224.